The van der Waals surface area contributed by atoms with E-state index in [0.29, 0.717) is 6.10 Å². The van der Waals surface area contributed by atoms with Crippen molar-refractivity contribution < 1.29 is 9.84 Å². The number of nitrogens with zero attached hydrogens (tertiary/aromatic N) is 1. The van der Waals surface area contributed by atoms with E-state index >= 15 is 0 Å². The molecule has 0 aromatic rings. The second-order valence-corrected chi connectivity index (χ2v) is 4.52. The quantitative estimate of drug-likeness (QED) is 0.733. The molecule has 82 valence electrons. The van der Waals surface area contributed by atoms with Gasteiger partial charge in [-0.3, -0.25) is 0 Å². The van der Waals surface area contributed by atoms with E-state index in [2.05, 4.69) is 4.90 Å². The van der Waals surface area contributed by atoms with Crippen molar-refractivity contribution in [3.63, 3.8) is 0 Å². The van der Waals surface area contributed by atoms with Crippen molar-refractivity contribution in [3.05, 3.63) is 0 Å². The average molecular weight is 199 g/mol. The largest absolute Gasteiger partial charge is 0.392 e. The van der Waals surface area contributed by atoms with E-state index in [0.717, 1.165) is 32.7 Å². The Hall–Kier alpha value is -0.120. The van der Waals surface area contributed by atoms with Crippen LogP contribution in [0.1, 0.15) is 32.1 Å². The summed E-state index contributed by atoms with van der Waals surface area (Å²) in [7, 11) is 0. The highest BCUT2D eigenvalue weighted by Gasteiger charge is 2.20. The van der Waals surface area contributed by atoms with Gasteiger partial charge in [0.05, 0.1) is 12.2 Å². The van der Waals surface area contributed by atoms with Gasteiger partial charge in [0.25, 0.3) is 0 Å². The normalized spacial score (nSPS) is 34.1. The molecule has 2 aliphatic rings. The minimum Gasteiger partial charge on any atom is -0.392 e. The molecule has 14 heavy (non-hydrogen) atoms. The zero-order valence-corrected chi connectivity index (χ0v) is 8.82. The van der Waals surface area contributed by atoms with Crippen LogP contribution in [0.5, 0.6) is 0 Å². The van der Waals surface area contributed by atoms with Crippen molar-refractivity contribution in [2.75, 3.05) is 26.2 Å². The van der Waals surface area contributed by atoms with Crippen LogP contribution in [-0.2, 0) is 4.74 Å². The first-order valence-electron chi connectivity index (χ1n) is 5.86. The molecule has 1 N–H and O–H groups in total. The lowest BCUT2D eigenvalue weighted by Crippen LogP contribution is -2.24. The molecule has 2 rings (SSSR count). The van der Waals surface area contributed by atoms with Crippen molar-refractivity contribution in [3.8, 4) is 0 Å². The number of rotatable bonds is 4. The summed E-state index contributed by atoms with van der Waals surface area (Å²) in [6.45, 7) is 4.06. The first-order valence-corrected chi connectivity index (χ1v) is 5.86. The Balaban J connectivity index is 1.54. The highest BCUT2D eigenvalue weighted by molar-refractivity contribution is 4.74. The second-order valence-electron chi connectivity index (χ2n) is 4.52. The third kappa shape index (κ3) is 2.94. The predicted octanol–water partition coefficient (Wildman–Crippen LogP) is 1.01. The molecule has 0 amide bonds. The van der Waals surface area contributed by atoms with Crippen LogP contribution in [0.25, 0.3) is 0 Å². The SMILES string of the molecule is O[C@H]1CCN(CCCC2CCCO2)C1. The van der Waals surface area contributed by atoms with Gasteiger partial charge in [0, 0.05) is 19.7 Å². The van der Waals surface area contributed by atoms with Gasteiger partial charge in [-0.1, -0.05) is 0 Å². The summed E-state index contributed by atoms with van der Waals surface area (Å²) in [5, 5.41) is 9.34. The van der Waals surface area contributed by atoms with Crippen LogP contribution in [-0.4, -0.2) is 48.5 Å². The zero-order valence-electron chi connectivity index (χ0n) is 8.82. The minimum absolute atomic E-state index is 0.0715. The third-order valence-corrected chi connectivity index (χ3v) is 3.27. The Kier molecular flexibility index (Phi) is 3.79. The van der Waals surface area contributed by atoms with Crippen molar-refractivity contribution >= 4 is 0 Å². The number of β-amino-alcohol motifs (C(OH)–C–C–N with tert-alkyl or cyclic N) is 1. The average Bonchev–Trinajstić information content (AvgIpc) is 2.77. The maximum absolute atomic E-state index is 9.34. The number of hydrogen-bond donors (Lipinski definition) is 1. The van der Waals surface area contributed by atoms with Crippen LogP contribution in [0.15, 0.2) is 0 Å². The summed E-state index contributed by atoms with van der Waals surface area (Å²) in [4.78, 5) is 2.36. The predicted molar refractivity (Wildman–Crippen MR) is 55.3 cm³/mol. The molecule has 0 bridgehead atoms. The van der Waals surface area contributed by atoms with Crippen molar-refractivity contribution in [2.24, 2.45) is 0 Å². The first kappa shape index (κ1) is 10.4. The fourth-order valence-corrected chi connectivity index (χ4v) is 2.43. The summed E-state index contributed by atoms with van der Waals surface area (Å²) in [6.07, 6.45) is 6.33. The first-order chi connectivity index (χ1) is 6.84. The summed E-state index contributed by atoms with van der Waals surface area (Å²) in [6, 6.07) is 0. The van der Waals surface area contributed by atoms with Crippen molar-refractivity contribution in [2.45, 2.75) is 44.3 Å². The van der Waals surface area contributed by atoms with E-state index in [4.69, 9.17) is 4.74 Å². The number of aliphatic hydroxyl groups excluding tert-OH is 1. The Morgan fingerprint density at radius 1 is 1.36 bits per heavy atom. The van der Waals surface area contributed by atoms with Crippen LogP contribution in [0.2, 0.25) is 0 Å². The Bertz CT molecular complexity index is 169. The summed E-state index contributed by atoms with van der Waals surface area (Å²) in [5.41, 5.74) is 0. The van der Waals surface area contributed by atoms with Crippen LogP contribution >= 0.6 is 0 Å². The summed E-state index contributed by atoms with van der Waals surface area (Å²) >= 11 is 0. The van der Waals surface area contributed by atoms with E-state index in [1.165, 1.54) is 25.7 Å². The van der Waals surface area contributed by atoms with Gasteiger partial charge < -0.3 is 14.7 Å². The van der Waals surface area contributed by atoms with Crippen molar-refractivity contribution in [1.82, 2.24) is 4.90 Å². The monoisotopic (exact) mass is 199 g/mol. The summed E-state index contributed by atoms with van der Waals surface area (Å²) < 4.78 is 5.57. The van der Waals surface area contributed by atoms with Crippen LogP contribution < -0.4 is 0 Å². The molecule has 2 aliphatic heterocycles. The van der Waals surface area contributed by atoms with Gasteiger partial charge in [0.15, 0.2) is 0 Å². The molecule has 0 aliphatic carbocycles. The number of likely N-dealkylation sites (tertiary alicyclic amines) is 1. The molecular weight excluding hydrogens is 178 g/mol. The highest BCUT2D eigenvalue weighted by Crippen LogP contribution is 2.17. The van der Waals surface area contributed by atoms with Crippen LogP contribution in [0, 0.1) is 0 Å². The van der Waals surface area contributed by atoms with Gasteiger partial charge >= 0.3 is 0 Å². The van der Waals surface area contributed by atoms with Gasteiger partial charge in [-0.05, 0) is 38.6 Å². The fourth-order valence-electron chi connectivity index (χ4n) is 2.43. The van der Waals surface area contributed by atoms with Crippen molar-refractivity contribution in [1.29, 1.82) is 0 Å². The fraction of sp³-hybridized carbons (Fsp3) is 1.00. The number of aliphatic hydroxyl groups is 1. The molecule has 3 heteroatoms. The lowest BCUT2D eigenvalue weighted by Gasteiger charge is -2.16. The molecule has 2 fully saturated rings. The maximum Gasteiger partial charge on any atom is 0.0679 e. The molecule has 0 aromatic heterocycles. The summed E-state index contributed by atoms with van der Waals surface area (Å²) in [5.74, 6) is 0. The van der Waals surface area contributed by atoms with E-state index in [-0.39, 0.29) is 6.10 Å². The molecule has 2 saturated heterocycles. The lowest BCUT2D eigenvalue weighted by atomic mass is 10.1. The molecule has 3 nitrogen and oxygen atoms in total. The minimum atomic E-state index is -0.0715. The van der Waals surface area contributed by atoms with E-state index in [1.807, 2.05) is 0 Å². The smallest absolute Gasteiger partial charge is 0.0679 e. The molecule has 2 heterocycles. The molecule has 0 saturated carbocycles. The Morgan fingerprint density at radius 2 is 2.29 bits per heavy atom. The van der Waals surface area contributed by atoms with E-state index in [1.54, 1.807) is 0 Å². The van der Waals surface area contributed by atoms with E-state index in [9.17, 15) is 5.11 Å². The standard InChI is InChI=1S/C11H21NO2/c13-10-5-7-12(9-10)6-1-3-11-4-2-8-14-11/h10-11,13H,1-9H2/t10-,11?/m0/s1. The molecule has 2 atom stereocenters. The molecule has 0 radical (unpaired) electrons. The molecule has 0 aromatic carbocycles. The zero-order chi connectivity index (χ0) is 9.80. The van der Waals surface area contributed by atoms with Gasteiger partial charge in [-0.25, -0.2) is 0 Å². The van der Waals surface area contributed by atoms with Gasteiger partial charge in [0.1, 0.15) is 0 Å². The Morgan fingerprint density at radius 3 is 2.93 bits per heavy atom. The molecular formula is C11H21NO2. The van der Waals surface area contributed by atoms with Gasteiger partial charge in [-0.2, -0.15) is 0 Å². The Labute approximate surface area is 86.0 Å². The maximum atomic E-state index is 9.34. The van der Waals surface area contributed by atoms with Gasteiger partial charge in [-0.15, -0.1) is 0 Å². The number of hydrogen-bond acceptors (Lipinski definition) is 3. The third-order valence-electron chi connectivity index (χ3n) is 3.27. The van der Waals surface area contributed by atoms with Crippen LogP contribution in [0.3, 0.4) is 0 Å². The lowest BCUT2D eigenvalue weighted by molar-refractivity contribution is 0.0989. The number of ether oxygens (including phenoxy) is 1. The molecule has 0 spiro atoms. The van der Waals surface area contributed by atoms with Crippen LogP contribution in [0.4, 0.5) is 0 Å². The highest BCUT2D eigenvalue weighted by atomic mass is 16.5. The van der Waals surface area contributed by atoms with E-state index < -0.39 is 0 Å². The second kappa shape index (κ2) is 5.10. The molecule has 1 unspecified atom stereocenters. The topological polar surface area (TPSA) is 32.7 Å². The van der Waals surface area contributed by atoms with Gasteiger partial charge in [0.2, 0.25) is 0 Å².